The first-order valence-corrected chi connectivity index (χ1v) is 12.3. The van der Waals surface area contributed by atoms with E-state index in [0.717, 1.165) is 19.5 Å². The molecular weight excluding hydrogens is 332 g/mol. The van der Waals surface area contributed by atoms with E-state index in [1.807, 2.05) is 0 Å². The number of amides is 1. The lowest BCUT2D eigenvalue weighted by Crippen LogP contribution is -2.43. The second-order valence-corrected chi connectivity index (χ2v) is 8.22. The number of hydrogen-bond acceptors (Lipinski definition) is 2. The molecule has 0 fully saturated rings. The quantitative estimate of drug-likeness (QED) is 0.166. The Kier molecular flexibility index (Phi) is 21.3. The molecule has 3 nitrogen and oxygen atoms in total. The Bertz CT molecular complexity index is 291. The molecule has 0 aromatic heterocycles. The molecule has 0 saturated heterocycles. The average molecular weight is 383 g/mol. The van der Waals surface area contributed by atoms with E-state index in [2.05, 4.69) is 31.2 Å². The van der Waals surface area contributed by atoms with Crippen LogP contribution in [-0.2, 0) is 4.79 Å². The van der Waals surface area contributed by atoms with Crippen molar-refractivity contribution >= 4 is 5.91 Å². The van der Waals surface area contributed by atoms with Crippen molar-refractivity contribution in [3.8, 4) is 0 Å². The van der Waals surface area contributed by atoms with Gasteiger partial charge in [-0.3, -0.25) is 10.2 Å². The summed E-state index contributed by atoms with van der Waals surface area (Å²) in [6.45, 7) is 8.79. The largest absolute Gasteiger partial charge is 0.289 e. The Morgan fingerprint density at radius 1 is 0.556 bits per heavy atom. The fraction of sp³-hybridized carbons (Fsp3) is 0.958. The predicted molar refractivity (Wildman–Crippen MR) is 120 cm³/mol. The molecule has 162 valence electrons. The molecule has 0 aromatic rings. The van der Waals surface area contributed by atoms with Crippen LogP contribution >= 0.6 is 0 Å². The van der Waals surface area contributed by atoms with E-state index in [-0.39, 0.29) is 5.91 Å². The third-order valence-electron chi connectivity index (χ3n) is 5.35. The Labute approximate surface area is 171 Å². The molecule has 0 rings (SSSR count). The van der Waals surface area contributed by atoms with E-state index in [1.165, 1.54) is 103 Å². The van der Waals surface area contributed by atoms with Gasteiger partial charge < -0.3 is 0 Å². The van der Waals surface area contributed by atoms with Gasteiger partial charge in [0.1, 0.15) is 0 Å². The lowest BCUT2D eigenvalue weighted by Gasteiger charge is -2.23. The number of hydrogen-bond donors (Lipinski definition) is 1. The van der Waals surface area contributed by atoms with Gasteiger partial charge in [-0.05, 0) is 19.3 Å². The van der Waals surface area contributed by atoms with Crippen LogP contribution in [0.1, 0.15) is 136 Å². The van der Waals surface area contributed by atoms with Crippen molar-refractivity contribution in [1.82, 2.24) is 10.4 Å². The number of carbonyl (C=O) groups is 1. The van der Waals surface area contributed by atoms with E-state index in [0.29, 0.717) is 6.42 Å². The number of hydrazine groups is 1. The van der Waals surface area contributed by atoms with Crippen molar-refractivity contribution in [2.24, 2.45) is 0 Å². The van der Waals surface area contributed by atoms with Crippen molar-refractivity contribution in [1.29, 1.82) is 0 Å². The molecule has 0 aliphatic rings. The van der Waals surface area contributed by atoms with Crippen molar-refractivity contribution in [3.63, 3.8) is 0 Å². The summed E-state index contributed by atoms with van der Waals surface area (Å²) in [6, 6.07) is 0. The van der Waals surface area contributed by atoms with Crippen LogP contribution < -0.4 is 5.43 Å². The summed E-state index contributed by atoms with van der Waals surface area (Å²) in [5.41, 5.74) is 3.21. The lowest BCUT2D eigenvalue weighted by atomic mass is 10.1. The van der Waals surface area contributed by atoms with E-state index in [4.69, 9.17) is 0 Å². The standard InChI is InChI=1S/C24H50N2O/c1-4-7-10-13-16-19-22-26(23-20-17-14-11-8-5-2)25-24(27)21-18-15-12-9-6-3/h4-23H2,1-3H3,(H,25,27). The monoisotopic (exact) mass is 382 g/mol. The maximum absolute atomic E-state index is 12.3. The summed E-state index contributed by atoms with van der Waals surface area (Å²) in [5.74, 6) is 0.225. The van der Waals surface area contributed by atoms with Gasteiger partial charge in [0.15, 0.2) is 0 Å². The first-order chi connectivity index (χ1) is 13.2. The second-order valence-electron chi connectivity index (χ2n) is 8.22. The molecule has 0 radical (unpaired) electrons. The van der Waals surface area contributed by atoms with Crippen LogP contribution in [0.2, 0.25) is 0 Å². The number of nitrogens with one attached hydrogen (secondary N) is 1. The minimum atomic E-state index is 0.225. The van der Waals surface area contributed by atoms with E-state index < -0.39 is 0 Å². The molecule has 0 spiro atoms. The third kappa shape index (κ3) is 20.0. The van der Waals surface area contributed by atoms with Gasteiger partial charge in [-0.2, -0.15) is 0 Å². The first-order valence-electron chi connectivity index (χ1n) is 12.3. The zero-order valence-corrected chi connectivity index (χ0v) is 19.0. The third-order valence-corrected chi connectivity index (χ3v) is 5.35. The number of carbonyl (C=O) groups excluding carboxylic acids is 1. The maximum atomic E-state index is 12.3. The van der Waals surface area contributed by atoms with Gasteiger partial charge >= 0.3 is 0 Å². The maximum Gasteiger partial charge on any atom is 0.234 e. The van der Waals surface area contributed by atoms with Gasteiger partial charge in [0.25, 0.3) is 0 Å². The Hall–Kier alpha value is -0.570. The van der Waals surface area contributed by atoms with Gasteiger partial charge in [-0.1, -0.05) is 111 Å². The second kappa shape index (κ2) is 21.7. The molecular formula is C24H50N2O. The highest BCUT2D eigenvalue weighted by atomic mass is 16.2. The van der Waals surface area contributed by atoms with Crippen LogP contribution in [0.4, 0.5) is 0 Å². The normalized spacial score (nSPS) is 11.3. The number of rotatable bonds is 21. The summed E-state index contributed by atoms with van der Waals surface area (Å²) in [4.78, 5) is 12.3. The van der Waals surface area contributed by atoms with E-state index in [9.17, 15) is 4.79 Å². The van der Waals surface area contributed by atoms with Crippen molar-refractivity contribution < 1.29 is 4.79 Å². The summed E-state index contributed by atoms with van der Waals surface area (Å²) >= 11 is 0. The van der Waals surface area contributed by atoms with Gasteiger partial charge in [0.05, 0.1) is 0 Å². The SMILES string of the molecule is CCCCCCCCN(CCCCCCCC)NC(=O)CCCCCCC. The molecule has 0 bridgehead atoms. The average Bonchev–Trinajstić information content (AvgIpc) is 2.66. The van der Waals surface area contributed by atoms with Gasteiger partial charge in [0, 0.05) is 19.5 Å². The summed E-state index contributed by atoms with van der Waals surface area (Å²) in [7, 11) is 0. The molecule has 1 amide bonds. The lowest BCUT2D eigenvalue weighted by molar-refractivity contribution is -0.126. The highest BCUT2D eigenvalue weighted by Gasteiger charge is 2.09. The smallest absolute Gasteiger partial charge is 0.234 e. The van der Waals surface area contributed by atoms with Crippen LogP contribution in [-0.4, -0.2) is 24.0 Å². The molecule has 3 heteroatoms. The molecule has 27 heavy (non-hydrogen) atoms. The van der Waals surface area contributed by atoms with Crippen LogP contribution in [0.5, 0.6) is 0 Å². The molecule has 0 heterocycles. The molecule has 0 aliphatic carbocycles. The Morgan fingerprint density at radius 3 is 1.37 bits per heavy atom. The summed E-state index contributed by atoms with van der Waals surface area (Å²) in [5, 5.41) is 2.22. The zero-order valence-electron chi connectivity index (χ0n) is 19.0. The van der Waals surface area contributed by atoms with Crippen molar-refractivity contribution in [3.05, 3.63) is 0 Å². The highest BCUT2D eigenvalue weighted by Crippen LogP contribution is 2.09. The van der Waals surface area contributed by atoms with Gasteiger partial charge in [-0.25, -0.2) is 5.01 Å². The minimum Gasteiger partial charge on any atom is -0.289 e. The molecule has 0 aliphatic heterocycles. The molecule has 0 unspecified atom stereocenters. The summed E-state index contributed by atoms with van der Waals surface area (Å²) in [6.07, 6.45) is 22.4. The molecule has 1 N–H and O–H groups in total. The highest BCUT2D eigenvalue weighted by molar-refractivity contribution is 5.75. The topological polar surface area (TPSA) is 32.3 Å². The Balaban J connectivity index is 4.00. The number of nitrogens with zero attached hydrogens (tertiary/aromatic N) is 1. The number of unbranched alkanes of at least 4 members (excludes halogenated alkanes) is 14. The predicted octanol–water partition coefficient (Wildman–Crippen LogP) is 7.40. The van der Waals surface area contributed by atoms with Crippen molar-refractivity contribution in [2.75, 3.05) is 13.1 Å². The molecule has 0 atom stereocenters. The van der Waals surface area contributed by atoms with Crippen molar-refractivity contribution in [2.45, 2.75) is 136 Å². The zero-order chi connectivity index (χ0) is 20.0. The summed E-state index contributed by atoms with van der Waals surface area (Å²) < 4.78 is 0. The van der Waals surface area contributed by atoms with Crippen LogP contribution in [0, 0.1) is 0 Å². The molecule has 0 saturated carbocycles. The van der Waals surface area contributed by atoms with Crippen LogP contribution in [0.15, 0.2) is 0 Å². The molecule has 0 aromatic carbocycles. The van der Waals surface area contributed by atoms with E-state index in [1.54, 1.807) is 0 Å². The first kappa shape index (κ1) is 26.4. The van der Waals surface area contributed by atoms with E-state index >= 15 is 0 Å². The van der Waals surface area contributed by atoms with Gasteiger partial charge in [-0.15, -0.1) is 0 Å². The van der Waals surface area contributed by atoms with Crippen LogP contribution in [0.3, 0.4) is 0 Å². The van der Waals surface area contributed by atoms with Crippen LogP contribution in [0.25, 0.3) is 0 Å². The Morgan fingerprint density at radius 2 is 0.926 bits per heavy atom. The fourth-order valence-corrected chi connectivity index (χ4v) is 3.51. The van der Waals surface area contributed by atoms with Gasteiger partial charge in [0.2, 0.25) is 5.91 Å². The fourth-order valence-electron chi connectivity index (χ4n) is 3.51. The minimum absolute atomic E-state index is 0.225.